The van der Waals surface area contributed by atoms with Gasteiger partial charge in [-0.15, -0.1) is 41.1 Å². The number of rotatable bonds is 1. The van der Waals surface area contributed by atoms with Gasteiger partial charge in [0.05, 0.1) is 6.33 Å². The summed E-state index contributed by atoms with van der Waals surface area (Å²) in [5, 5.41) is 2.55. The van der Waals surface area contributed by atoms with E-state index < -0.39 is 0 Å². The van der Waals surface area contributed by atoms with Crippen LogP contribution < -0.4 is 24.8 Å². The summed E-state index contributed by atoms with van der Waals surface area (Å²) in [5.41, 5.74) is 2.51. The van der Waals surface area contributed by atoms with E-state index in [1.165, 1.54) is 22.0 Å². The molecule has 116 valence electrons. The molecule has 2 nitrogen and oxygen atoms in total. The first-order chi connectivity index (χ1) is 9.83. The summed E-state index contributed by atoms with van der Waals surface area (Å²) in [4.78, 5) is 4.03. The molecule has 0 aliphatic heterocycles. The minimum atomic E-state index is 0. The smallest absolute Gasteiger partial charge is 1.00 e. The van der Waals surface area contributed by atoms with Gasteiger partial charge in [0.1, 0.15) is 0 Å². The van der Waals surface area contributed by atoms with Crippen molar-refractivity contribution in [2.75, 3.05) is 0 Å². The standard InChI is InChI=1S/C12H9N2.C6H7.2ClH.Zr/c1-2-4-11-8-12(7-10(11)3-1)14-6-5-13-9-14;1-6-4-2-3-5-6;;;/h1-9H;2-5H,1H3;2*1H;/q2*-1;;;+4/p-2. The second-order valence-electron chi connectivity index (χ2n) is 4.77. The van der Waals surface area contributed by atoms with Crippen molar-refractivity contribution >= 4 is 10.8 Å². The molecule has 23 heavy (non-hydrogen) atoms. The summed E-state index contributed by atoms with van der Waals surface area (Å²) < 4.78 is 2.01. The molecule has 1 aromatic heterocycles. The van der Waals surface area contributed by atoms with Crippen molar-refractivity contribution in [2.24, 2.45) is 0 Å². The molecule has 0 radical (unpaired) electrons. The van der Waals surface area contributed by atoms with Crippen LogP contribution >= 0.6 is 0 Å². The SMILES string of the molecule is C[c-]1cccc1.[Cl-].[Cl-].[Zr+4].c1ccc2[cH-]c(-n3ccnc3)cc2c1. The van der Waals surface area contributed by atoms with Crippen LogP contribution in [0.4, 0.5) is 0 Å². The number of aryl methyl sites for hydroxylation is 1. The van der Waals surface area contributed by atoms with Crippen LogP contribution in [0.5, 0.6) is 0 Å². The van der Waals surface area contributed by atoms with Crippen molar-refractivity contribution in [3.05, 3.63) is 84.9 Å². The molecule has 0 saturated carbocycles. The van der Waals surface area contributed by atoms with Crippen LogP contribution in [-0.4, -0.2) is 9.55 Å². The number of imidazole rings is 1. The Labute approximate surface area is 168 Å². The van der Waals surface area contributed by atoms with E-state index in [2.05, 4.69) is 60.4 Å². The molecule has 4 rings (SSSR count). The van der Waals surface area contributed by atoms with Crippen molar-refractivity contribution in [1.82, 2.24) is 9.55 Å². The zero-order valence-corrected chi connectivity index (χ0v) is 16.6. The van der Waals surface area contributed by atoms with E-state index in [-0.39, 0.29) is 51.0 Å². The molecule has 0 aliphatic rings. The van der Waals surface area contributed by atoms with Gasteiger partial charge in [0, 0.05) is 12.4 Å². The van der Waals surface area contributed by atoms with Crippen LogP contribution in [0.15, 0.2) is 79.4 Å². The number of aromatic nitrogens is 2. The fourth-order valence-corrected chi connectivity index (χ4v) is 2.17. The fourth-order valence-electron chi connectivity index (χ4n) is 2.17. The molecule has 0 unspecified atom stereocenters. The predicted molar refractivity (Wildman–Crippen MR) is 83.4 cm³/mol. The monoisotopic (exact) mass is 420 g/mol. The number of halogens is 2. The van der Waals surface area contributed by atoms with Gasteiger partial charge in [0.2, 0.25) is 0 Å². The predicted octanol–water partition coefficient (Wildman–Crippen LogP) is -1.54. The zero-order valence-electron chi connectivity index (χ0n) is 12.7. The molecular formula is C18H16Cl2N2Zr. The maximum atomic E-state index is 4.03. The first-order valence-electron chi connectivity index (χ1n) is 6.65. The number of hydrogen-bond donors (Lipinski definition) is 0. The third kappa shape index (κ3) is 5.77. The van der Waals surface area contributed by atoms with Crippen molar-refractivity contribution in [3.63, 3.8) is 0 Å². The Kier molecular flexibility index (Phi) is 10.1. The minimum absolute atomic E-state index is 0. The Bertz CT molecular complexity index is 741. The van der Waals surface area contributed by atoms with Crippen LogP contribution in [0.25, 0.3) is 16.5 Å². The molecule has 0 amide bonds. The van der Waals surface area contributed by atoms with Gasteiger partial charge in [-0.2, -0.15) is 17.7 Å². The van der Waals surface area contributed by atoms with E-state index in [0.717, 1.165) is 0 Å². The van der Waals surface area contributed by atoms with Gasteiger partial charge in [-0.25, -0.2) is 17.1 Å². The molecule has 0 aliphatic carbocycles. The number of benzene rings is 1. The molecule has 0 spiro atoms. The van der Waals surface area contributed by atoms with Gasteiger partial charge in [0.25, 0.3) is 0 Å². The van der Waals surface area contributed by atoms with Crippen LogP contribution in [-0.2, 0) is 26.2 Å². The summed E-state index contributed by atoms with van der Waals surface area (Å²) in [5.74, 6) is 0. The quantitative estimate of drug-likeness (QED) is 0.340. The Hall–Kier alpha value is -1.15. The maximum absolute atomic E-state index is 4.03. The van der Waals surface area contributed by atoms with E-state index in [0.29, 0.717) is 0 Å². The third-order valence-corrected chi connectivity index (χ3v) is 3.23. The van der Waals surface area contributed by atoms with Gasteiger partial charge in [-0.05, 0) is 5.69 Å². The van der Waals surface area contributed by atoms with E-state index >= 15 is 0 Å². The maximum Gasteiger partial charge on any atom is 4.00 e. The van der Waals surface area contributed by atoms with Crippen LogP contribution in [0.3, 0.4) is 0 Å². The normalized spacial score (nSPS) is 8.91. The van der Waals surface area contributed by atoms with Crippen molar-refractivity contribution < 1.29 is 51.0 Å². The van der Waals surface area contributed by atoms with E-state index in [4.69, 9.17) is 0 Å². The van der Waals surface area contributed by atoms with E-state index in [9.17, 15) is 0 Å². The topological polar surface area (TPSA) is 17.8 Å². The summed E-state index contributed by atoms with van der Waals surface area (Å²) in [6.07, 6.45) is 5.56. The molecule has 3 aromatic carbocycles. The Balaban J connectivity index is 0.000000469. The minimum Gasteiger partial charge on any atom is -1.00 e. The Morgan fingerprint density at radius 2 is 1.74 bits per heavy atom. The Morgan fingerprint density at radius 1 is 1.04 bits per heavy atom. The molecule has 4 aromatic rings. The molecule has 5 heteroatoms. The van der Waals surface area contributed by atoms with Gasteiger partial charge >= 0.3 is 26.2 Å². The molecule has 0 fully saturated rings. The summed E-state index contributed by atoms with van der Waals surface area (Å²) in [6.45, 7) is 2.08. The Morgan fingerprint density at radius 3 is 2.26 bits per heavy atom. The molecule has 0 N–H and O–H groups in total. The van der Waals surface area contributed by atoms with E-state index in [1.54, 1.807) is 6.20 Å². The molecule has 0 bridgehead atoms. The summed E-state index contributed by atoms with van der Waals surface area (Å²) in [7, 11) is 0. The first kappa shape index (κ1) is 21.9. The van der Waals surface area contributed by atoms with Gasteiger partial charge < -0.3 is 29.4 Å². The second kappa shape index (κ2) is 10.6. The molecule has 1 heterocycles. The number of fused-ring (bicyclic) bond motifs is 1. The zero-order chi connectivity index (χ0) is 13.8. The van der Waals surface area contributed by atoms with Crippen molar-refractivity contribution in [1.29, 1.82) is 0 Å². The number of hydrogen-bond acceptors (Lipinski definition) is 1. The average molecular weight is 422 g/mol. The number of nitrogens with zero attached hydrogens (tertiary/aromatic N) is 2. The molecule has 0 atom stereocenters. The van der Waals surface area contributed by atoms with E-state index in [1.807, 2.05) is 29.2 Å². The largest absolute Gasteiger partial charge is 4.00 e. The average Bonchev–Trinajstić information content (AvgIpc) is 3.20. The fraction of sp³-hybridized carbons (Fsp3) is 0.0556. The first-order valence-corrected chi connectivity index (χ1v) is 6.65. The molecular weight excluding hydrogens is 406 g/mol. The van der Waals surface area contributed by atoms with Crippen LogP contribution in [0.2, 0.25) is 0 Å². The van der Waals surface area contributed by atoms with Crippen molar-refractivity contribution in [2.45, 2.75) is 6.92 Å². The van der Waals surface area contributed by atoms with Crippen LogP contribution in [0, 0.1) is 6.92 Å². The van der Waals surface area contributed by atoms with Crippen LogP contribution in [0.1, 0.15) is 5.56 Å². The van der Waals surface area contributed by atoms with Gasteiger partial charge in [-0.1, -0.05) is 13.0 Å². The van der Waals surface area contributed by atoms with Gasteiger partial charge in [0.15, 0.2) is 0 Å². The summed E-state index contributed by atoms with van der Waals surface area (Å²) in [6, 6.07) is 20.9. The van der Waals surface area contributed by atoms with Crippen molar-refractivity contribution in [3.8, 4) is 5.69 Å². The molecule has 0 saturated heterocycles. The second-order valence-corrected chi connectivity index (χ2v) is 4.77. The summed E-state index contributed by atoms with van der Waals surface area (Å²) >= 11 is 0. The third-order valence-electron chi connectivity index (χ3n) is 3.23. The van der Waals surface area contributed by atoms with Gasteiger partial charge in [-0.3, -0.25) is 0 Å².